The van der Waals surface area contributed by atoms with Crippen molar-refractivity contribution in [2.45, 2.75) is 46.3 Å². The maximum atomic E-state index is 14.2. The smallest absolute Gasteiger partial charge is 0.410 e. The van der Waals surface area contributed by atoms with Gasteiger partial charge in [-0.3, -0.25) is 4.79 Å². The molecule has 3 heterocycles. The van der Waals surface area contributed by atoms with Gasteiger partial charge in [0.25, 0.3) is 5.91 Å². The highest BCUT2D eigenvalue weighted by Gasteiger charge is 2.31. The standard InChI is InChI=1S/C23H27FN6O4/c1-13-12-29(6-7-30(13)22(32)34-23(3,4)5)19-11-25-17(10-26-19)21(31)28-15-8-16(24)20-18(9-15)33-14(2)27-20/h8-11,13H,6-7,12H2,1-5H3,(H,28,31). The third kappa shape index (κ3) is 5.08. The van der Waals surface area contributed by atoms with Crippen molar-refractivity contribution >= 4 is 34.6 Å². The second kappa shape index (κ2) is 8.88. The third-order valence-electron chi connectivity index (χ3n) is 5.26. The molecule has 1 atom stereocenters. The Bertz CT molecular complexity index is 1220. The number of piperazine rings is 1. The molecular formula is C23H27FN6O4. The third-order valence-corrected chi connectivity index (χ3v) is 5.26. The number of aromatic nitrogens is 3. The van der Waals surface area contributed by atoms with Crippen molar-refractivity contribution in [1.29, 1.82) is 0 Å². The van der Waals surface area contributed by atoms with E-state index in [2.05, 4.69) is 20.3 Å². The van der Waals surface area contributed by atoms with Crippen molar-refractivity contribution in [1.82, 2.24) is 19.9 Å². The first-order valence-corrected chi connectivity index (χ1v) is 10.9. The molecule has 0 spiro atoms. The number of carbonyl (C=O) groups excluding carboxylic acids is 2. The van der Waals surface area contributed by atoms with Crippen molar-refractivity contribution in [3.8, 4) is 0 Å². The number of carbonyl (C=O) groups is 2. The highest BCUT2D eigenvalue weighted by atomic mass is 19.1. The molecule has 0 radical (unpaired) electrons. The lowest BCUT2D eigenvalue weighted by molar-refractivity contribution is 0.0158. The molecule has 0 aliphatic carbocycles. The summed E-state index contributed by atoms with van der Waals surface area (Å²) in [6.45, 7) is 10.7. The van der Waals surface area contributed by atoms with Crippen LogP contribution in [0.4, 0.5) is 20.7 Å². The number of halogens is 1. The number of oxazole rings is 1. The van der Waals surface area contributed by atoms with Gasteiger partial charge in [0.15, 0.2) is 17.3 Å². The van der Waals surface area contributed by atoms with Crippen LogP contribution in [-0.2, 0) is 4.74 Å². The predicted molar refractivity (Wildman–Crippen MR) is 123 cm³/mol. The molecular weight excluding hydrogens is 443 g/mol. The predicted octanol–water partition coefficient (Wildman–Crippen LogP) is 3.76. The number of aryl methyl sites for hydroxylation is 1. The number of hydrogen-bond acceptors (Lipinski definition) is 8. The number of benzene rings is 1. The van der Waals surface area contributed by atoms with Gasteiger partial charge in [-0.25, -0.2) is 24.1 Å². The molecule has 2 amide bonds. The summed E-state index contributed by atoms with van der Waals surface area (Å²) in [4.78, 5) is 41.2. The molecule has 0 saturated carbocycles. The molecule has 11 heteroatoms. The largest absolute Gasteiger partial charge is 0.444 e. The van der Waals surface area contributed by atoms with E-state index in [1.54, 1.807) is 11.8 Å². The molecule has 180 valence electrons. The number of ether oxygens (including phenoxy) is 1. The van der Waals surface area contributed by atoms with Crippen molar-refractivity contribution in [2.24, 2.45) is 0 Å². The van der Waals surface area contributed by atoms with Crippen LogP contribution in [0.15, 0.2) is 28.9 Å². The van der Waals surface area contributed by atoms with E-state index in [9.17, 15) is 14.0 Å². The van der Waals surface area contributed by atoms with Crippen LogP contribution < -0.4 is 10.2 Å². The number of nitrogens with one attached hydrogen (secondary N) is 1. The van der Waals surface area contributed by atoms with E-state index in [1.165, 1.54) is 24.5 Å². The van der Waals surface area contributed by atoms with Gasteiger partial charge in [0.05, 0.1) is 12.4 Å². The zero-order valence-electron chi connectivity index (χ0n) is 19.8. The Morgan fingerprint density at radius 2 is 1.97 bits per heavy atom. The number of nitrogens with zero attached hydrogens (tertiary/aromatic N) is 5. The quantitative estimate of drug-likeness (QED) is 0.616. The molecule has 4 rings (SSSR count). The summed E-state index contributed by atoms with van der Waals surface area (Å²) in [5.41, 5.74) is 0.110. The first-order chi connectivity index (χ1) is 16.0. The van der Waals surface area contributed by atoms with Crippen LogP contribution >= 0.6 is 0 Å². The topological polar surface area (TPSA) is 114 Å². The van der Waals surface area contributed by atoms with E-state index < -0.39 is 17.3 Å². The lowest BCUT2D eigenvalue weighted by Crippen LogP contribution is -2.55. The second-order valence-electron chi connectivity index (χ2n) is 9.22. The van der Waals surface area contributed by atoms with Crippen molar-refractivity contribution in [3.63, 3.8) is 0 Å². The molecule has 3 aromatic rings. The van der Waals surface area contributed by atoms with Crippen LogP contribution in [-0.4, -0.2) is 63.1 Å². The van der Waals surface area contributed by atoms with E-state index in [1.807, 2.05) is 32.6 Å². The molecule has 10 nitrogen and oxygen atoms in total. The summed E-state index contributed by atoms with van der Waals surface area (Å²) in [6.07, 6.45) is 2.53. The zero-order chi connectivity index (χ0) is 24.6. The lowest BCUT2D eigenvalue weighted by Gasteiger charge is -2.40. The molecule has 34 heavy (non-hydrogen) atoms. The Labute approximate surface area is 196 Å². The van der Waals surface area contributed by atoms with E-state index in [4.69, 9.17) is 9.15 Å². The van der Waals surface area contributed by atoms with E-state index in [-0.39, 0.29) is 34.6 Å². The van der Waals surface area contributed by atoms with Crippen LogP contribution in [0.25, 0.3) is 11.1 Å². The van der Waals surface area contributed by atoms with Crippen LogP contribution in [0.1, 0.15) is 44.1 Å². The van der Waals surface area contributed by atoms with Crippen molar-refractivity contribution < 1.29 is 23.1 Å². The Morgan fingerprint density at radius 1 is 1.21 bits per heavy atom. The average Bonchev–Trinajstić information content (AvgIpc) is 3.13. The number of rotatable bonds is 3. The summed E-state index contributed by atoms with van der Waals surface area (Å²) in [5, 5.41) is 2.60. The molecule has 0 bridgehead atoms. The van der Waals surface area contributed by atoms with Crippen LogP contribution in [0.2, 0.25) is 0 Å². The number of amides is 2. The van der Waals surface area contributed by atoms with Gasteiger partial charge in [-0.2, -0.15) is 0 Å². The van der Waals surface area contributed by atoms with Gasteiger partial charge >= 0.3 is 6.09 Å². The average molecular weight is 471 g/mol. The summed E-state index contributed by atoms with van der Waals surface area (Å²) in [5.74, 6) is -0.195. The SMILES string of the molecule is Cc1nc2c(F)cc(NC(=O)c3cnc(N4CCN(C(=O)OC(C)(C)C)C(C)C4)cn3)cc2o1. The summed E-state index contributed by atoms with van der Waals surface area (Å²) in [7, 11) is 0. The van der Waals surface area contributed by atoms with Crippen molar-refractivity contribution in [2.75, 3.05) is 29.9 Å². The van der Waals surface area contributed by atoms with E-state index in [0.717, 1.165) is 0 Å². The fourth-order valence-electron chi connectivity index (χ4n) is 3.73. The van der Waals surface area contributed by atoms with Gasteiger partial charge in [-0.15, -0.1) is 0 Å². The van der Waals surface area contributed by atoms with Crippen LogP contribution in [0, 0.1) is 12.7 Å². The van der Waals surface area contributed by atoms with E-state index >= 15 is 0 Å². The Hall–Kier alpha value is -3.76. The van der Waals surface area contributed by atoms with E-state index in [0.29, 0.717) is 31.3 Å². The summed E-state index contributed by atoms with van der Waals surface area (Å²) in [6, 6.07) is 2.59. The molecule has 2 aromatic heterocycles. The fraction of sp³-hybridized carbons (Fsp3) is 0.435. The molecule has 1 saturated heterocycles. The monoisotopic (exact) mass is 470 g/mol. The molecule has 1 N–H and O–H groups in total. The summed E-state index contributed by atoms with van der Waals surface area (Å²) >= 11 is 0. The zero-order valence-corrected chi connectivity index (χ0v) is 19.8. The molecule has 1 aliphatic heterocycles. The minimum atomic E-state index is -0.592. The fourth-order valence-corrected chi connectivity index (χ4v) is 3.73. The highest BCUT2D eigenvalue weighted by Crippen LogP contribution is 2.24. The first kappa shape index (κ1) is 23.4. The van der Waals surface area contributed by atoms with Gasteiger partial charge in [0.2, 0.25) is 0 Å². The molecule has 1 fully saturated rings. The lowest BCUT2D eigenvalue weighted by atomic mass is 10.2. The number of fused-ring (bicyclic) bond motifs is 1. The van der Waals surface area contributed by atoms with Gasteiger partial charge in [0.1, 0.15) is 22.6 Å². The maximum absolute atomic E-state index is 14.2. The Kier molecular flexibility index (Phi) is 6.11. The Morgan fingerprint density at radius 3 is 2.62 bits per heavy atom. The van der Waals surface area contributed by atoms with Gasteiger partial charge in [-0.05, 0) is 33.8 Å². The molecule has 1 aliphatic rings. The minimum Gasteiger partial charge on any atom is -0.444 e. The second-order valence-corrected chi connectivity index (χ2v) is 9.22. The van der Waals surface area contributed by atoms with Crippen molar-refractivity contribution in [3.05, 3.63) is 41.9 Å². The molecule has 1 unspecified atom stereocenters. The Balaban J connectivity index is 1.39. The number of anilines is 2. The van der Waals surface area contributed by atoms with Gasteiger partial charge < -0.3 is 24.3 Å². The maximum Gasteiger partial charge on any atom is 0.410 e. The van der Waals surface area contributed by atoms with Gasteiger partial charge in [-0.1, -0.05) is 0 Å². The molecule has 1 aromatic carbocycles. The van der Waals surface area contributed by atoms with Gasteiger partial charge in [0, 0.05) is 44.4 Å². The minimum absolute atomic E-state index is 0.0819. The number of hydrogen-bond donors (Lipinski definition) is 1. The normalized spacial score (nSPS) is 16.6. The van der Waals surface area contributed by atoms with Crippen LogP contribution in [0.3, 0.4) is 0 Å². The van der Waals surface area contributed by atoms with Crippen LogP contribution in [0.5, 0.6) is 0 Å². The highest BCUT2D eigenvalue weighted by molar-refractivity contribution is 6.03. The summed E-state index contributed by atoms with van der Waals surface area (Å²) < 4.78 is 25.0. The first-order valence-electron chi connectivity index (χ1n) is 10.9.